The van der Waals surface area contributed by atoms with Gasteiger partial charge < -0.3 is 10.4 Å². The van der Waals surface area contributed by atoms with Gasteiger partial charge in [-0.25, -0.2) is 0 Å². The molecule has 1 rings (SSSR count). The van der Waals surface area contributed by atoms with Crippen molar-refractivity contribution in [2.45, 2.75) is 36.6 Å². The highest BCUT2D eigenvalue weighted by atomic mass is 79.9. The number of carboxylic acid groups (broad SMARTS) is 1. The number of thioether (sulfide) groups is 1. The molecule has 0 radical (unpaired) electrons. The fourth-order valence-corrected chi connectivity index (χ4v) is 3.19. The van der Waals surface area contributed by atoms with Gasteiger partial charge in [-0.1, -0.05) is 28.4 Å². The number of likely N-dealkylation sites (N-methyl/N-ethyl adjacent to an activating group) is 1. The fraction of sp³-hybridized carbons (Fsp3) is 0.500. The van der Waals surface area contributed by atoms with Gasteiger partial charge in [0, 0.05) is 9.37 Å². The van der Waals surface area contributed by atoms with E-state index in [9.17, 15) is 4.79 Å². The molecule has 2 N–H and O–H groups in total. The van der Waals surface area contributed by atoms with Gasteiger partial charge >= 0.3 is 5.97 Å². The molecule has 0 bridgehead atoms. The highest BCUT2D eigenvalue weighted by Crippen LogP contribution is 2.23. The molecule has 19 heavy (non-hydrogen) atoms. The van der Waals surface area contributed by atoms with Crippen molar-refractivity contribution in [2.75, 3.05) is 12.8 Å². The first kappa shape index (κ1) is 16.5. The topological polar surface area (TPSA) is 49.3 Å². The molecule has 0 amide bonds. The van der Waals surface area contributed by atoms with Crippen molar-refractivity contribution in [1.82, 2.24) is 5.32 Å². The van der Waals surface area contributed by atoms with Gasteiger partial charge in [-0.15, -0.1) is 11.8 Å². The van der Waals surface area contributed by atoms with E-state index < -0.39 is 11.5 Å². The predicted molar refractivity (Wildman–Crippen MR) is 83.8 cm³/mol. The third-order valence-electron chi connectivity index (χ3n) is 3.16. The normalized spacial score (nSPS) is 14.1. The van der Waals surface area contributed by atoms with Crippen molar-refractivity contribution in [2.24, 2.45) is 0 Å². The van der Waals surface area contributed by atoms with Crippen LogP contribution in [0.5, 0.6) is 0 Å². The first-order valence-electron chi connectivity index (χ1n) is 6.28. The van der Waals surface area contributed by atoms with Gasteiger partial charge in [0.25, 0.3) is 0 Å². The molecule has 1 atom stereocenters. The van der Waals surface area contributed by atoms with E-state index in [1.807, 2.05) is 12.1 Å². The van der Waals surface area contributed by atoms with E-state index in [4.69, 9.17) is 5.11 Å². The van der Waals surface area contributed by atoms with Crippen LogP contribution in [0, 0.1) is 0 Å². The number of carboxylic acids is 1. The lowest BCUT2D eigenvalue weighted by Crippen LogP contribution is -2.47. The number of halogens is 1. The SMILES string of the molecule is CNC(C)(CCCCSc1cccc(Br)c1)C(=O)O. The van der Waals surface area contributed by atoms with E-state index in [0.717, 1.165) is 23.1 Å². The Balaban J connectivity index is 2.26. The molecule has 0 aliphatic carbocycles. The molecule has 0 aromatic heterocycles. The van der Waals surface area contributed by atoms with E-state index in [0.29, 0.717) is 6.42 Å². The lowest BCUT2D eigenvalue weighted by atomic mass is 9.95. The molecule has 3 nitrogen and oxygen atoms in total. The summed E-state index contributed by atoms with van der Waals surface area (Å²) in [6, 6.07) is 8.22. The minimum atomic E-state index is -0.805. The van der Waals surface area contributed by atoms with E-state index in [-0.39, 0.29) is 0 Å². The van der Waals surface area contributed by atoms with Gasteiger partial charge in [0.2, 0.25) is 0 Å². The van der Waals surface area contributed by atoms with Gasteiger partial charge in [-0.05, 0) is 50.8 Å². The van der Waals surface area contributed by atoms with Crippen molar-refractivity contribution < 1.29 is 9.90 Å². The minimum absolute atomic E-state index is 0.651. The predicted octanol–water partition coefficient (Wildman–Crippen LogP) is 3.77. The van der Waals surface area contributed by atoms with Crippen LogP contribution in [-0.4, -0.2) is 29.4 Å². The van der Waals surface area contributed by atoms with E-state index in [1.54, 1.807) is 25.7 Å². The Kier molecular flexibility index (Phi) is 6.89. The summed E-state index contributed by atoms with van der Waals surface area (Å²) in [5, 5.41) is 12.0. The Hall–Kier alpha value is -0.520. The van der Waals surface area contributed by atoms with Gasteiger partial charge in [-0.2, -0.15) is 0 Å². The average molecular weight is 346 g/mol. The zero-order valence-electron chi connectivity index (χ0n) is 11.3. The number of carbonyl (C=O) groups is 1. The van der Waals surface area contributed by atoms with Gasteiger partial charge in [0.15, 0.2) is 0 Å². The molecule has 1 aromatic rings. The van der Waals surface area contributed by atoms with Crippen LogP contribution in [0.2, 0.25) is 0 Å². The number of hydrogen-bond donors (Lipinski definition) is 2. The summed E-state index contributed by atoms with van der Waals surface area (Å²) in [6.45, 7) is 1.73. The molecule has 0 saturated carbocycles. The van der Waals surface area contributed by atoms with Gasteiger partial charge in [0.05, 0.1) is 0 Å². The summed E-state index contributed by atoms with van der Waals surface area (Å²) in [7, 11) is 1.70. The Morgan fingerprint density at radius 1 is 1.47 bits per heavy atom. The summed E-state index contributed by atoms with van der Waals surface area (Å²) >= 11 is 5.25. The highest BCUT2D eigenvalue weighted by Gasteiger charge is 2.29. The number of benzene rings is 1. The molecule has 0 spiro atoms. The number of unbranched alkanes of at least 4 members (excludes halogenated alkanes) is 1. The fourth-order valence-electron chi connectivity index (χ4n) is 1.67. The molecule has 0 aliphatic heterocycles. The number of nitrogens with one attached hydrogen (secondary N) is 1. The Bertz CT molecular complexity index is 428. The van der Waals surface area contributed by atoms with E-state index in [2.05, 4.69) is 33.4 Å². The monoisotopic (exact) mass is 345 g/mol. The molecule has 1 unspecified atom stereocenters. The lowest BCUT2D eigenvalue weighted by Gasteiger charge is -2.23. The van der Waals surface area contributed by atoms with Gasteiger partial charge in [0.1, 0.15) is 5.54 Å². The summed E-state index contributed by atoms with van der Waals surface area (Å²) in [5.74, 6) is 0.227. The molecule has 5 heteroatoms. The van der Waals surface area contributed by atoms with Crippen molar-refractivity contribution in [3.05, 3.63) is 28.7 Å². The van der Waals surface area contributed by atoms with Crippen LogP contribution in [0.15, 0.2) is 33.6 Å². The zero-order chi connectivity index (χ0) is 14.3. The highest BCUT2D eigenvalue weighted by molar-refractivity contribution is 9.10. The first-order valence-corrected chi connectivity index (χ1v) is 8.06. The third kappa shape index (κ3) is 5.55. The molecule has 0 heterocycles. The van der Waals surface area contributed by atoms with Crippen LogP contribution in [0.4, 0.5) is 0 Å². The molecule has 1 aromatic carbocycles. The number of hydrogen-bond acceptors (Lipinski definition) is 3. The van der Waals surface area contributed by atoms with Crippen LogP contribution in [0.3, 0.4) is 0 Å². The molecule has 0 aliphatic rings. The zero-order valence-corrected chi connectivity index (χ0v) is 13.7. The minimum Gasteiger partial charge on any atom is -0.480 e. The van der Waals surface area contributed by atoms with E-state index >= 15 is 0 Å². The number of rotatable bonds is 8. The Labute approximate surface area is 127 Å². The van der Waals surface area contributed by atoms with Crippen LogP contribution in [0.25, 0.3) is 0 Å². The maximum atomic E-state index is 11.1. The summed E-state index contributed by atoms with van der Waals surface area (Å²) < 4.78 is 1.09. The van der Waals surface area contributed by atoms with Crippen molar-refractivity contribution in [3.8, 4) is 0 Å². The summed E-state index contributed by atoms with van der Waals surface area (Å²) in [6.07, 6.45) is 2.57. The second-order valence-corrected chi connectivity index (χ2v) is 6.73. The maximum Gasteiger partial charge on any atom is 0.323 e. The molecular weight excluding hydrogens is 326 g/mol. The third-order valence-corrected chi connectivity index (χ3v) is 4.73. The Morgan fingerprint density at radius 2 is 2.21 bits per heavy atom. The van der Waals surface area contributed by atoms with Crippen molar-refractivity contribution in [1.29, 1.82) is 0 Å². The second kappa shape index (κ2) is 7.92. The van der Waals surface area contributed by atoms with Crippen LogP contribution in [0.1, 0.15) is 26.2 Å². The van der Waals surface area contributed by atoms with E-state index in [1.165, 1.54) is 4.90 Å². The lowest BCUT2D eigenvalue weighted by molar-refractivity contribution is -0.144. The molecule has 0 saturated heterocycles. The van der Waals surface area contributed by atoms with Crippen molar-refractivity contribution >= 4 is 33.7 Å². The number of aliphatic carboxylic acids is 1. The van der Waals surface area contributed by atoms with Crippen LogP contribution >= 0.6 is 27.7 Å². The average Bonchev–Trinajstić information content (AvgIpc) is 2.38. The summed E-state index contributed by atoms with van der Waals surface area (Å²) in [5.41, 5.74) is -0.805. The maximum absolute atomic E-state index is 11.1. The van der Waals surface area contributed by atoms with Crippen LogP contribution < -0.4 is 5.32 Å². The molecular formula is C14H20BrNO2S. The largest absolute Gasteiger partial charge is 0.480 e. The summed E-state index contributed by atoms with van der Waals surface area (Å²) in [4.78, 5) is 12.3. The quantitative estimate of drug-likeness (QED) is 0.556. The standard InChI is InChI=1S/C14H20BrNO2S/c1-14(16-2,13(17)18)8-3-4-9-19-12-7-5-6-11(15)10-12/h5-7,10,16H,3-4,8-9H2,1-2H3,(H,17,18). The van der Waals surface area contributed by atoms with Crippen LogP contribution in [-0.2, 0) is 4.79 Å². The molecule has 0 fully saturated rings. The second-order valence-electron chi connectivity index (χ2n) is 4.65. The Morgan fingerprint density at radius 3 is 2.79 bits per heavy atom. The van der Waals surface area contributed by atoms with Gasteiger partial charge in [-0.3, -0.25) is 4.79 Å². The smallest absolute Gasteiger partial charge is 0.323 e. The first-order chi connectivity index (χ1) is 8.98. The molecule has 106 valence electrons. The van der Waals surface area contributed by atoms with Crippen molar-refractivity contribution in [3.63, 3.8) is 0 Å².